The molecular formula is C30H27NO3S. The lowest BCUT2D eigenvalue weighted by molar-refractivity contribution is -0.138. The average molecular weight is 482 g/mol. The first-order chi connectivity index (χ1) is 17.1. The zero-order chi connectivity index (χ0) is 24.5. The van der Waals surface area contributed by atoms with Gasteiger partial charge in [0.05, 0.1) is 4.75 Å². The fourth-order valence-electron chi connectivity index (χ4n) is 4.07. The van der Waals surface area contributed by atoms with Gasteiger partial charge in [0.25, 0.3) is 0 Å². The van der Waals surface area contributed by atoms with Gasteiger partial charge in [0.2, 0.25) is 5.91 Å². The van der Waals surface area contributed by atoms with Gasteiger partial charge in [-0.15, -0.1) is 11.8 Å². The number of carbonyl (C=O) groups is 2. The van der Waals surface area contributed by atoms with Gasteiger partial charge < -0.3 is 10.1 Å². The zero-order valence-electron chi connectivity index (χ0n) is 19.5. The van der Waals surface area contributed by atoms with Gasteiger partial charge in [0, 0.05) is 12.7 Å². The Bertz CT molecular complexity index is 1140. The van der Waals surface area contributed by atoms with E-state index in [1.54, 1.807) is 36.0 Å². The molecule has 0 radical (unpaired) electrons. The number of para-hydroxylation sites is 1. The fraction of sp³-hybridized carbons (Fsp3) is 0.133. The van der Waals surface area contributed by atoms with Crippen LogP contribution < -0.4 is 10.1 Å². The Labute approximate surface area is 210 Å². The number of benzene rings is 4. The standard InChI is InChI=1S/C30H27NO3S/c1-23(32)31-28(29(33)34-27-20-12-5-13-21-27)22-35-30(24-14-6-2-7-15-24,25-16-8-3-9-17-25)26-18-10-4-11-19-26/h2-21,28H,22H2,1H3,(H,31,32)/t28-/m0/s1. The van der Waals surface area contributed by atoms with Crippen LogP contribution in [0.1, 0.15) is 23.6 Å². The highest BCUT2D eigenvalue weighted by molar-refractivity contribution is 8.00. The number of rotatable bonds is 9. The van der Waals surface area contributed by atoms with E-state index in [9.17, 15) is 9.59 Å². The molecule has 4 aromatic rings. The first-order valence-corrected chi connectivity index (χ1v) is 12.4. The van der Waals surface area contributed by atoms with Crippen LogP contribution in [0.15, 0.2) is 121 Å². The van der Waals surface area contributed by atoms with Gasteiger partial charge in [-0.2, -0.15) is 0 Å². The van der Waals surface area contributed by atoms with Crippen molar-refractivity contribution < 1.29 is 14.3 Å². The molecule has 0 aliphatic heterocycles. The SMILES string of the molecule is CC(=O)N[C@@H](CSC(c1ccccc1)(c1ccccc1)c1ccccc1)C(=O)Oc1ccccc1. The number of hydrogen-bond donors (Lipinski definition) is 1. The highest BCUT2D eigenvalue weighted by Crippen LogP contribution is 2.48. The van der Waals surface area contributed by atoms with E-state index in [4.69, 9.17) is 4.74 Å². The van der Waals surface area contributed by atoms with Crippen LogP contribution in [-0.4, -0.2) is 23.7 Å². The Morgan fingerprint density at radius 1 is 0.714 bits per heavy atom. The van der Waals surface area contributed by atoms with Crippen LogP contribution in [0, 0.1) is 0 Å². The van der Waals surface area contributed by atoms with Crippen molar-refractivity contribution in [2.24, 2.45) is 0 Å². The van der Waals surface area contributed by atoms with Crippen LogP contribution in [0.25, 0.3) is 0 Å². The van der Waals surface area contributed by atoms with E-state index in [2.05, 4.69) is 41.7 Å². The Morgan fingerprint density at radius 2 is 1.11 bits per heavy atom. The van der Waals surface area contributed by atoms with Crippen LogP contribution in [0.5, 0.6) is 5.75 Å². The summed E-state index contributed by atoms with van der Waals surface area (Å²) in [5.74, 6) is -0.0326. The molecule has 0 spiro atoms. The van der Waals surface area contributed by atoms with Crippen molar-refractivity contribution in [1.29, 1.82) is 0 Å². The smallest absolute Gasteiger partial charge is 0.334 e. The molecular weight excluding hydrogens is 454 g/mol. The van der Waals surface area contributed by atoms with E-state index >= 15 is 0 Å². The fourth-order valence-corrected chi connectivity index (χ4v) is 5.61. The second kappa shape index (κ2) is 11.5. The van der Waals surface area contributed by atoms with E-state index in [1.807, 2.05) is 60.7 Å². The van der Waals surface area contributed by atoms with E-state index in [1.165, 1.54) is 6.92 Å². The van der Waals surface area contributed by atoms with Gasteiger partial charge in [-0.1, -0.05) is 109 Å². The van der Waals surface area contributed by atoms with Gasteiger partial charge in [0.15, 0.2) is 0 Å². The highest BCUT2D eigenvalue weighted by atomic mass is 32.2. The molecule has 35 heavy (non-hydrogen) atoms. The zero-order valence-corrected chi connectivity index (χ0v) is 20.3. The van der Waals surface area contributed by atoms with Crippen molar-refractivity contribution in [3.8, 4) is 5.75 Å². The predicted octanol–water partition coefficient (Wildman–Crippen LogP) is 5.82. The number of thioether (sulfide) groups is 1. The van der Waals surface area contributed by atoms with Crippen LogP contribution >= 0.6 is 11.8 Å². The van der Waals surface area contributed by atoms with E-state index < -0.39 is 16.8 Å². The van der Waals surface area contributed by atoms with Crippen molar-refractivity contribution in [1.82, 2.24) is 5.32 Å². The Balaban J connectivity index is 1.74. The lowest BCUT2D eigenvalue weighted by Crippen LogP contribution is -2.45. The molecule has 0 aromatic heterocycles. The van der Waals surface area contributed by atoms with Gasteiger partial charge >= 0.3 is 5.97 Å². The summed E-state index contributed by atoms with van der Waals surface area (Å²) in [5.41, 5.74) is 3.25. The molecule has 176 valence electrons. The molecule has 0 saturated carbocycles. The summed E-state index contributed by atoms with van der Waals surface area (Å²) in [7, 11) is 0. The summed E-state index contributed by atoms with van der Waals surface area (Å²) in [6, 6.07) is 38.8. The van der Waals surface area contributed by atoms with Crippen LogP contribution in [-0.2, 0) is 14.3 Å². The van der Waals surface area contributed by atoms with Crippen molar-refractivity contribution >= 4 is 23.6 Å². The third-order valence-corrected chi connectivity index (χ3v) is 7.27. The number of amides is 1. The molecule has 0 saturated heterocycles. The Kier molecular flexibility index (Phi) is 8.01. The van der Waals surface area contributed by atoms with E-state index in [0.29, 0.717) is 11.5 Å². The second-order valence-electron chi connectivity index (χ2n) is 8.08. The predicted molar refractivity (Wildman–Crippen MR) is 141 cm³/mol. The molecule has 0 heterocycles. The molecule has 4 aromatic carbocycles. The van der Waals surface area contributed by atoms with Crippen LogP contribution in [0.4, 0.5) is 0 Å². The van der Waals surface area contributed by atoms with Gasteiger partial charge in [-0.3, -0.25) is 4.79 Å². The van der Waals surface area contributed by atoms with Crippen molar-refractivity contribution in [2.45, 2.75) is 17.7 Å². The monoisotopic (exact) mass is 481 g/mol. The highest BCUT2D eigenvalue weighted by Gasteiger charge is 2.38. The minimum atomic E-state index is -0.826. The quantitative estimate of drug-likeness (QED) is 0.186. The van der Waals surface area contributed by atoms with Crippen molar-refractivity contribution in [3.05, 3.63) is 138 Å². The molecule has 0 bridgehead atoms. The maximum atomic E-state index is 13.1. The number of nitrogens with one attached hydrogen (secondary N) is 1. The third-order valence-electron chi connectivity index (χ3n) is 5.63. The number of hydrogen-bond acceptors (Lipinski definition) is 4. The van der Waals surface area contributed by atoms with Gasteiger partial charge in [-0.05, 0) is 28.8 Å². The maximum Gasteiger partial charge on any atom is 0.334 e. The minimum absolute atomic E-state index is 0.287. The molecule has 0 aliphatic rings. The summed E-state index contributed by atoms with van der Waals surface area (Å²) in [5, 5.41) is 2.79. The molecule has 4 rings (SSSR count). The summed E-state index contributed by atoms with van der Waals surface area (Å²) in [6.07, 6.45) is 0. The Morgan fingerprint density at radius 3 is 1.51 bits per heavy atom. The molecule has 0 unspecified atom stereocenters. The summed E-state index contributed by atoms with van der Waals surface area (Å²) in [6.45, 7) is 1.41. The Hall–Kier alpha value is -3.83. The lowest BCUT2D eigenvalue weighted by Gasteiger charge is -2.36. The molecule has 1 amide bonds. The topological polar surface area (TPSA) is 55.4 Å². The third kappa shape index (κ3) is 5.81. The van der Waals surface area contributed by atoms with E-state index in [-0.39, 0.29) is 5.91 Å². The second-order valence-corrected chi connectivity index (χ2v) is 9.31. The van der Waals surface area contributed by atoms with Gasteiger partial charge in [-0.25, -0.2) is 4.79 Å². The number of ether oxygens (including phenoxy) is 1. The minimum Gasteiger partial charge on any atom is -0.425 e. The number of esters is 1. The molecule has 4 nitrogen and oxygen atoms in total. The average Bonchev–Trinajstić information content (AvgIpc) is 2.90. The molecule has 1 N–H and O–H groups in total. The van der Waals surface area contributed by atoms with Crippen LogP contribution in [0.3, 0.4) is 0 Å². The molecule has 1 atom stereocenters. The van der Waals surface area contributed by atoms with Gasteiger partial charge in [0.1, 0.15) is 11.8 Å². The molecule has 0 fully saturated rings. The summed E-state index contributed by atoms with van der Waals surface area (Å²) >= 11 is 1.60. The number of carbonyl (C=O) groups excluding carboxylic acids is 2. The normalized spacial score (nSPS) is 11.9. The largest absolute Gasteiger partial charge is 0.425 e. The molecule has 5 heteroatoms. The lowest BCUT2D eigenvalue weighted by atomic mass is 9.84. The maximum absolute atomic E-state index is 13.1. The first kappa shape index (κ1) is 24.3. The summed E-state index contributed by atoms with van der Waals surface area (Å²) in [4.78, 5) is 25.1. The first-order valence-electron chi connectivity index (χ1n) is 11.4. The van der Waals surface area contributed by atoms with E-state index in [0.717, 1.165) is 16.7 Å². The van der Waals surface area contributed by atoms with Crippen molar-refractivity contribution in [3.63, 3.8) is 0 Å². The van der Waals surface area contributed by atoms with Crippen LogP contribution in [0.2, 0.25) is 0 Å². The molecule has 0 aliphatic carbocycles. The van der Waals surface area contributed by atoms with Crippen molar-refractivity contribution in [2.75, 3.05) is 5.75 Å². The summed E-state index contributed by atoms with van der Waals surface area (Å²) < 4.78 is 4.99.